The van der Waals surface area contributed by atoms with Gasteiger partial charge in [0.1, 0.15) is 4.99 Å². The minimum Gasteiger partial charge on any atom is -0.389 e. The van der Waals surface area contributed by atoms with Gasteiger partial charge in [0.15, 0.2) is 0 Å². The lowest BCUT2D eigenvalue weighted by Gasteiger charge is -2.24. The summed E-state index contributed by atoms with van der Waals surface area (Å²) in [6, 6.07) is 6.06. The smallest absolute Gasteiger partial charge is 0.104 e. The second kappa shape index (κ2) is 5.24. The van der Waals surface area contributed by atoms with Crippen LogP contribution in [0.25, 0.3) is 0 Å². The van der Waals surface area contributed by atoms with Crippen molar-refractivity contribution in [3.63, 3.8) is 0 Å². The van der Waals surface area contributed by atoms with Crippen molar-refractivity contribution in [2.75, 3.05) is 18.5 Å². The van der Waals surface area contributed by atoms with Gasteiger partial charge < -0.3 is 15.8 Å². The summed E-state index contributed by atoms with van der Waals surface area (Å²) in [6.45, 7) is 5.88. The zero-order chi connectivity index (χ0) is 13.2. The largest absolute Gasteiger partial charge is 0.389 e. The first-order valence-corrected chi connectivity index (χ1v) is 6.69. The number of aryl methyl sites for hydroxylation is 1. The van der Waals surface area contributed by atoms with Crippen molar-refractivity contribution >= 4 is 22.9 Å². The molecule has 18 heavy (non-hydrogen) atoms. The van der Waals surface area contributed by atoms with Gasteiger partial charge in [-0.25, -0.2) is 0 Å². The van der Waals surface area contributed by atoms with Gasteiger partial charge in [0.05, 0.1) is 5.60 Å². The van der Waals surface area contributed by atoms with Crippen LogP contribution in [0.1, 0.15) is 30.9 Å². The molecule has 98 valence electrons. The average molecular weight is 264 g/mol. The van der Waals surface area contributed by atoms with Crippen LogP contribution in [0, 0.1) is 6.92 Å². The molecule has 0 spiro atoms. The van der Waals surface area contributed by atoms with Crippen molar-refractivity contribution in [1.82, 2.24) is 0 Å². The molecule has 1 aromatic carbocycles. The van der Waals surface area contributed by atoms with E-state index in [1.54, 1.807) is 0 Å². The fourth-order valence-electron chi connectivity index (χ4n) is 2.32. The highest BCUT2D eigenvalue weighted by atomic mass is 32.1. The number of ether oxygens (including phenoxy) is 1. The highest BCUT2D eigenvalue weighted by Gasteiger charge is 2.29. The second-order valence-electron chi connectivity index (χ2n) is 5.15. The van der Waals surface area contributed by atoms with E-state index in [1.807, 2.05) is 19.1 Å². The summed E-state index contributed by atoms with van der Waals surface area (Å²) in [7, 11) is 0. The molecule has 4 heteroatoms. The number of nitrogens with one attached hydrogen (secondary N) is 1. The molecule has 1 fully saturated rings. The van der Waals surface area contributed by atoms with Gasteiger partial charge in [0.2, 0.25) is 0 Å². The average Bonchev–Trinajstić information content (AvgIpc) is 2.74. The van der Waals surface area contributed by atoms with E-state index in [-0.39, 0.29) is 5.60 Å². The number of anilines is 1. The van der Waals surface area contributed by atoms with E-state index in [2.05, 4.69) is 18.3 Å². The normalized spacial score (nSPS) is 23.0. The quantitative estimate of drug-likeness (QED) is 0.821. The van der Waals surface area contributed by atoms with Gasteiger partial charge in [-0.15, -0.1) is 0 Å². The van der Waals surface area contributed by atoms with E-state index in [9.17, 15) is 0 Å². The molecule has 1 atom stereocenters. The molecule has 1 aliphatic rings. The zero-order valence-corrected chi connectivity index (χ0v) is 11.8. The number of benzene rings is 1. The van der Waals surface area contributed by atoms with Crippen molar-refractivity contribution < 1.29 is 4.74 Å². The Kier molecular flexibility index (Phi) is 3.88. The van der Waals surface area contributed by atoms with Crippen LogP contribution in [0.4, 0.5) is 5.69 Å². The summed E-state index contributed by atoms with van der Waals surface area (Å²) in [5, 5.41) is 3.42. The third-order valence-corrected chi connectivity index (χ3v) is 3.68. The minimum absolute atomic E-state index is 0.0320. The second-order valence-corrected chi connectivity index (χ2v) is 5.59. The standard InChI is InChI=1S/C14H20N2OS/c1-10-8-11(4-5-12(10)13(15)18)16-9-14(2)6-3-7-17-14/h4-5,8,16H,3,6-7,9H2,1-2H3,(H2,15,18). The van der Waals surface area contributed by atoms with E-state index in [0.717, 1.165) is 42.8 Å². The molecule has 3 nitrogen and oxygen atoms in total. The van der Waals surface area contributed by atoms with E-state index in [0.29, 0.717) is 4.99 Å². The van der Waals surface area contributed by atoms with Gasteiger partial charge in [-0.3, -0.25) is 0 Å². The Hall–Kier alpha value is -1.13. The molecule has 0 bridgehead atoms. The fraction of sp³-hybridized carbons (Fsp3) is 0.500. The van der Waals surface area contributed by atoms with E-state index in [1.165, 1.54) is 0 Å². The number of thiocarbonyl (C=S) groups is 1. The molecule has 0 saturated carbocycles. The van der Waals surface area contributed by atoms with Crippen molar-refractivity contribution in [3.8, 4) is 0 Å². The molecule has 2 rings (SSSR count). The van der Waals surface area contributed by atoms with Gasteiger partial charge in [-0.05, 0) is 50.5 Å². The zero-order valence-electron chi connectivity index (χ0n) is 11.0. The number of hydrogen-bond donors (Lipinski definition) is 2. The maximum absolute atomic E-state index is 5.75. The van der Waals surface area contributed by atoms with Crippen LogP contribution in [0.3, 0.4) is 0 Å². The molecule has 0 aliphatic carbocycles. The first-order valence-electron chi connectivity index (χ1n) is 6.28. The van der Waals surface area contributed by atoms with Crippen LogP contribution >= 0.6 is 12.2 Å². The van der Waals surface area contributed by atoms with Gasteiger partial charge in [0, 0.05) is 24.4 Å². The lowest BCUT2D eigenvalue weighted by molar-refractivity contribution is 0.0315. The Morgan fingerprint density at radius 3 is 2.89 bits per heavy atom. The lowest BCUT2D eigenvalue weighted by Crippen LogP contribution is -2.32. The Morgan fingerprint density at radius 2 is 2.33 bits per heavy atom. The summed E-state index contributed by atoms with van der Waals surface area (Å²) in [5.41, 5.74) is 8.75. The van der Waals surface area contributed by atoms with E-state index >= 15 is 0 Å². The topological polar surface area (TPSA) is 47.3 Å². The molecule has 1 aromatic rings. The molecule has 1 saturated heterocycles. The summed E-state index contributed by atoms with van der Waals surface area (Å²) < 4.78 is 5.75. The molecular weight excluding hydrogens is 244 g/mol. The van der Waals surface area contributed by atoms with Crippen LogP contribution in [0.15, 0.2) is 18.2 Å². The van der Waals surface area contributed by atoms with Gasteiger partial charge >= 0.3 is 0 Å². The first-order chi connectivity index (χ1) is 8.50. The molecule has 0 amide bonds. The predicted molar refractivity (Wildman–Crippen MR) is 79.1 cm³/mol. The number of hydrogen-bond acceptors (Lipinski definition) is 3. The van der Waals surface area contributed by atoms with Crippen molar-refractivity contribution in [3.05, 3.63) is 29.3 Å². The minimum atomic E-state index is -0.0320. The van der Waals surface area contributed by atoms with Crippen molar-refractivity contribution in [2.24, 2.45) is 5.73 Å². The SMILES string of the molecule is Cc1cc(NCC2(C)CCCO2)ccc1C(N)=S. The third kappa shape index (κ3) is 3.00. The van der Waals surface area contributed by atoms with Gasteiger partial charge in [-0.1, -0.05) is 12.2 Å². The molecule has 0 aromatic heterocycles. The summed E-state index contributed by atoms with van der Waals surface area (Å²) in [6.07, 6.45) is 2.27. The van der Waals surface area contributed by atoms with Crippen LogP contribution in [0.5, 0.6) is 0 Å². The molecule has 3 N–H and O–H groups in total. The van der Waals surface area contributed by atoms with Gasteiger partial charge in [0.25, 0.3) is 0 Å². The Morgan fingerprint density at radius 1 is 1.56 bits per heavy atom. The van der Waals surface area contributed by atoms with Crippen molar-refractivity contribution in [2.45, 2.75) is 32.3 Å². The van der Waals surface area contributed by atoms with Crippen LogP contribution in [0.2, 0.25) is 0 Å². The number of nitrogens with two attached hydrogens (primary N) is 1. The van der Waals surface area contributed by atoms with Crippen LogP contribution < -0.4 is 11.1 Å². The highest BCUT2D eigenvalue weighted by Crippen LogP contribution is 2.25. The fourth-order valence-corrected chi connectivity index (χ4v) is 2.54. The van der Waals surface area contributed by atoms with Crippen molar-refractivity contribution in [1.29, 1.82) is 0 Å². The number of rotatable bonds is 4. The molecular formula is C14H20N2OS. The Bertz CT molecular complexity index is 453. The van der Waals surface area contributed by atoms with Gasteiger partial charge in [-0.2, -0.15) is 0 Å². The molecule has 1 aliphatic heterocycles. The maximum atomic E-state index is 5.75. The summed E-state index contributed by atoms with van der Waals surface area (Å²) in [4.78, 5) is 0.449. The predicted octanol–water partition coefficient (Wildman–Crippen LogP) is 2.61. The molecule has 1 unspecified atom stereocenters. The first kappa shape index (κ1) is 13.3. The maximum Gasteiger partial charge on any atom is 0.104 e. The van der Waals surface area contributed by atoms with E-state index in [4.69, 9.17) is 22.7 Å². The Labute approximate surface area is 114 Å². The third-order valence-electron chi connectivity index (χ3n) is 3.46. The molecule has 0 radical (unpaired) electrons. The lowest BCUT2D eigenvalue weighted by atomic mass is 10.0. The van der Waals surface area contributed by atoms with Crippen LogP contribution in [-0.2, 0) is 4.74 Å². The highest BCUT2D eigenvalue weighted by molar-refractivity contribution is 7.80. The monoisotopic (exact) mass is 264 g/mol. The van der Waals surface area contributed by atoms with Crippen LogP contribution in [-0.4, -0.2) is 23.7 Å². The summed E-state index contributed by atoms with van der Waals surface area (Å²) in [5.74, 6) is 0. The Balaban J connectivity index is 2.02. The summed E-state index contributed by atoms with van der Waals surface area (Å²) >= 11 is 5.00. The van der Waals surface area contributed by atoms with E-state index < -0.39 is 0 Å². The molecule has 1 heterocycles.